The van der Waals surface area contributed by atoms with Crippen molar-refractivity contribution in [3.8, 4) is 0 Å². The first-order valence-electron chi connectivity index (χ1n) is 6.28. The lowest BCUT2D eigenvalue weighted by atomic mass is 9.93. The van der Waals surface area contributed by atoms with Gasteiger partial charge in [0.15, 0.2) is 0 Å². The van der Waals surface area contributed by atoms with Gasteiger partial charge in [-0.2, -0.15) is 4.31 Å². The van der Waals surface area contributed by atoms with Crippen molar-refractivity contribution in [1.29, 1.82) is 0 Å². The van der Waals surface area contributed by atoms with Crippen molar-refractivity contribution >= 4 is 10.0 Å². The van der Waals surface area contributed by atoms with Crippen LogP contribution in [0.25, 0.3) is 0 Å². The highest BCUT2D eigenvalue weighted by molar-refractivity contribution is 7.90. The number of hydrogen-bond donors (Lipinski definition) is 0. The summed E-state index contributed by atoms with van der Waals surface area (Å²) in [5, 5.41) is -0.0431. The molecule has 2 unspecified atom stereocenters. The van der Waals surface area contributed by atoms with Gasteiger partial charge in [-0.25, -0.2) is 8.42 Å². The van der Waals surface area contributed by atoms with E-state index >= 15 is 0 Å². The third-order valence-electron chi connectivity index (χ3n) is 4.29. The van der Waals surface area contributed by atoms with Crippen LogP contribution >= 0.6 is 0 Å². The maximum Gasteiger partial charge on any atom is 0.217 e. The fourth-order valence-electron chi connectivity index (χ4n) is 3.13. The molecule has 4 nitrogen and oxygen atoms in total. The predicted octanol–water partition coefficient (Wildman–Crippen LogP) is 0.505. The molecule has 2 atom stereocenters. The zero-order chi connectivity index (χ0) is 11.3. The first-order chi connectivity index (χ1) is 7.59. The highest BCUT2D eigenvalue weighted by Crippen LogP contribution is 2.39. The van der Waals surface area contributed by atoms with Crippen molar-refractivity contribution in [3.63, 3.8) is 0 Å². The fourth-order valence-corrected chi connectivity index (χ4v) is 5.22. The Hall–Kier alpha value is -0.130. The molecule has 0 bridgehead atoms. The molecule has 16 heavy (non-hydrogen) atoms. The Bertz CT molecular complexity index is 377. The summed E-state index contributed by atoms with van der Waals surface area (Å²) in [6.45, 7) is 2.82. The molecule has 0 amide bonds. The highest BCUT2D eigenvalue weighted by Gasteiger charge is 2.48. The van der Waals surface area contributed by atoms with Crippen LogP contribution in [0, 0.1) is 5.92 Å². The normalized spacial score (nSPS) is 37.6. The third-order valence-corrected chi connectivity index (χ3v) is 6.71. The molecule has 1 saturated carbocycles. The van der Waals surface area contributed by atoms with E-state index in [1.807, 2.05) is 4.31 Å². The molecule has 2 aliphatic heterocycles. The molecule has 92 valence electrons. The zero-order valence-corrected chi connectivity index (χ0v) is 10.6. The average molecular weight is 244 g/mol. The standard InChI is InChI=1S/C11H20N2O2S/c1-12-6-4-9-5-7-13(11(9)8-12)16(14,15)10-2-3-10/h9-11H,2-8H2,1H3. The molecule has 0 aromatic heterocycles. The van der Waals surface area contributed by atoms with Gasteiger partial charge >= 0.3 is 0 Å². The Morgan fingerprint density at radius 2 is 1.75 bits per heavy atom. The van der Waals surface area contributed by atoms with E-state index in [1.165, 1.54) is 0 Å². The first kappa shape index (κ1) is 11.0. The number of piperidine rings is 1. The van der Waals surface area contributed by atoms with E-state index in [-0.39, 0.29) is 11.3 Å². The Morgan fingerprint density at radius 1 is 1.06 bits per heavy atom. The van der Waals surface area contributed by atoms with Crippen LogP contribution in [-0.2, 0) is 10.0 Å². The molecule has 0 aromatic rings. The minimum absolute atomic E-state index is 0.0431. The van der Waals surface area contributed by atoms with Gasteiger partial charge in [0.1, 0.15) is 0 Å². The van der Waals surface area contributed by atoms with Gasteiger partial charge in [0.05, 0.1) is 5.25 Å². The molecule has 0 N–H and O–H groups in total. The lowest BCUT2D eigenvalue weighted by Crippen LogP contribution is -2.49. The van der Waals surface area contributed by atoms with E-state index in [4.69, 9.17) is 0 Å². The molecule has 2 heterocycles. The number of fused-ring (bicyclic) bond motifs is 1. The van der Waals surface area contributed by atoms with Crippen molar-refractivity contribution in [2.45, 2.75) is 37.0 Å². The Balaban J connectivity index is 1.81. The van der Waals surface area contributed by atoms with E-state index in [9.17, 15) is 8.42 Å². The van der Waals surface area contributed by atoms with Crippen LogP contribution in [-0.4, -0.2) is 55.6 Å². The van der Waals surface area contributed by atoms with E-state index in [1.54, 1.807) is 0 Å². The maximum absolute atomic E-state index is 12.3. The van der Waals surface area contributed by atoms with Gasteiger partial charge in [0, 0.05) is 19.1 Å². The topological polar surface area (TPSA) is 40.6 Å². The second-order valence-corrected chi connectivity index (χ2v) is 7.69. The van der Waals surface area contributed by atoms with Crippen LogP contribution in [0.1, 0.15) is 25.7 Å². The molecule has 0 aromatic carbocycles. The van der Waals surface area contributed by atoms with Gasteiger partial charge in [-0.05, 0) is 45.2 Å². The lowest BCUT2D eigenvalue weighted by Gasteiger charge is -2.36. The van der Waals surface area contributed by atoms with Crippen LogP contribution < -0.4 is 0 Å². The minimum atomic E-state index is -2.95. The molecule has 3 rings (SSSR count). The van der Waals surface area contributed by atoms with Crippen LogP contribution in [0.5, 0.6) is 0 Å². The van der Waals surface area contributed by atoms with Gasteiger partial charge in [0.25, 0.3) is 0 Å². The predicted molar refractivity (Wildman–Crippen MR) is 62.7 cm³/mol. The minimum Gasteiger partial charge on any atom is -0.305 e. The fraction of sp³-hybridized carbons (Fsp3) is 1.00. The smallest absolute Gasteiger partial charge is 0.217 e. The molecule has 0 radical (unpaired) electrons. The largest absolute Gasteiger partial charge is 0.305 e. The summed E-state index contributed by atoms with van der Waals surface area (Å²) in [5.74, 6) is 0.615. The number of sulfonamides is 1. The molecular weight excluding hydrogens is 224 g/mol. The highest BCUT2D eigenvalue weighted by atomic mass is 32.2. The zero-order valence-electron chi connectivity index (χ0n) is 9.80. The van der Waals surface area contributed by atoms with Gasteiger partial charge in [-0.3, -0.25) is 0 Å². The molecule has 2 saturated heterocycles. The molecule has 1 aliphatic carbocycles. The van der Waals surface area contributed by atoms with E-state index in [2.05, 4.69) is 11.9 Å². The van der Waals surface area contributed by atoms with Gasteiger partial charge in [-0.15, -0.1) is 0 Å². The second-order valence-electron chi connectivity index (χ2n) is 5.52. The number of rotatable bonds is 2. The van der Waals surface area contributed by atoms with Crippen molar-refractivity contribution in [1.82, 2.24) is 9.21 Å². The second kappa shape index (κ2) is 3.68. The van der Waals surface area contributed by atoms with Crippen molar-refractivity contribution in [3.05, 3.63) is 0 Å². The third kappa shape index (κ3) is 1.69. The summed E-state index contributed by atoms with van der Waals surface area (Å²) in [6, 6.07) is 0.268. The van der Waals surface area contributed by atoms with E-state index in [0.717, 1.165) is 45.3 Å². The summed E-state index contributed by atoms with van der Waals surface area (Å²) in [6.07, 6.45) is 4.00. The maximum atomic E-state index is 12.3. The van der Waals surface area contributed by atoms with Crippen LogP contribution in [0.2, 0.25) is 0 Å². The number of likely N-dealkylation sites (N-methyl/N-ethyl adjacent to an activating group) is 1. The quantitative estimate of drug-likeness (QED) is 0.710. The molecular formula is C11H20N2O2S. The summed E-state index contributed by atoms with van der Waals surface area (Å²) >= 11 is 0. The molecule has 3 fully saturated rings. The summed E-state index contributed by atoms with van der Waals surface area (Å²) < 4.78 is 26.4. The van der Waals surface area contributed by atoms with Gasteiger partial charge in [-0.1, -0.05) is 0 Å². The monoisotopic (exact) mass is 244 g/mol. The SMILES string of the molecule is CN1CCC2CCN(S(=O)(=O)C3CC3)C2C1. The van der Waals surface area contributed by atoms with Crippen LogP contribution in [0.4, 0.5) is 0 Å². The number of hydrogen-bond acceptors (Lipinski definition) is 3. The van der Waals surface area contributed by atoms with Crippen LogP contribution in [0.15, 0.2) is 0 Å². The van der Waals surface area contributed by atoms with E-state index < -0.39 is 10.0 Å². The Morgan fingerprint density at radius 3 is 2.44 bits per heavy atom. The number of nitrogens with zero attached hydrogens (tertiary/aromatic N) is 2. The average Bonchev–Trinajstić information content (AvgIpc) is 2.99. The van der Waals surface area contributed by atoms with Crippen molar-refractivity contribution < 1.29 is 8.42 Å². The van der Waals surface area contributed by atoms with E-state index in [0.29, 0.717) is 5.92 Å². The summed E-state index contributed by atoms with van der Waals surface area (Å²) in [5.41, 5.74) is 0. The van der Waals surface area contributed by atoms with Gasteiger partial charge in [0.2, 0.25) is 10.0 Å². The van der Waals surface area contributed by atoms with Crippen LogP contribution in [0.3, 0.4) is 0 Å². The first-order valence-corrected chi connectivity index (χ1v) is 7.78. The molecule has 5 heteroatoms. The summed E-state index contributed by atoms with van der Waals surface area (Å²) in [7, 11) is -0.859. The van der Waals surface area contributed by atoms with Gasteiger partial charge < -0.3 is 4.90 Å². The van der Waals surface area contributed by atoms with Crippen molar-refractivity contribution in [2.75, 3.05) is 26.7 Å². The Labute approximate surface area is 97.7 Å². The molecule has 3 aliphatic rings. The number of likely N-dealkylation sites (tertiary alicyclic amines) is 1. The lowest BCUT2D eigenvalue weighted by molar-refractivity contribution is 0.165. The Kier molecular flexibility index (Phi) is 2.53. The molecule has 0 spiro atoms. The van der Waals surface area contributed by atoms with Crippen molar-refractivity contribution in [2.24, 2.45) is 5.92 Å². The summed E-state index contributed by atoms with van der Waals surface area (Å²) in [4.78, 5) is 2.27.